The zero-order valence-corrected chi connectivity index (χ0v) is 30.6. The lowest BCUT2D eigenvalue weighted by Gasteiger charge is -2.36. The number of ether oxygens (including phenoxy) is 3. The molecule has 3 heterocycles. The Morgan fingerprint density at radius 1 is 0.900 bits per heavy atom. The molecule has 2 aromatic heterocycles. The van der Waals surface area contributed by atoms with Gasteiger partial charge in [0.1, 0.15) is 5.75 Å². The van der Waals surface area contributed by atoms with Gasteiger partial charge in [0, 0.05) is 24.6 Å². The van der Waals surface area contributed by atoms with Crippen molar-refractivity contribution in [1.82, 2.24) is 19.6 Å². The normalized spacial score (nSPS) is 19.7. The number of methoxy groups -OCH3 is 2. The highest BCUT2D eigenvalue weighted by Gasteiger charge is 2.50. The van der Waals surface area contributed by atoms with E-state index in [-0.39, 0.29) is 30.3 Å². The lowest BCUT2D eigenvalue weighted by Crippen LogP contribution is -2.50. The first kappa shape index (κ1) is 35.3. The van der Waals surface area contributed by atoms with E-state index in [1.54, 1.807) is 23.9 Å². The van der Waals surface area contributed by atoms with Crippen molar-refractivity contribution < 1.29 is 19.3 Å². The highest BCUT2D eigenvalue weighted by Crippen LogP contribution is 2.46. The van der Waals surface area contributed by atoms with E-state index in [0.717, 1.165) is 42.0 Å². The van der Waals surface area contributed by atoms with Crippen molar-refractivity contribution in [2.24, 2.45) is 5.92 Å². The van der Waals surface area contributed by atoms with Crippen LogP contribution in [-0.4, -0.2) is 65.8 Å². The molecule has 1 unspecified atom stereocenters. The number of rotatable bonds is 14. The van der Waals surface area contributed by atoms with Gasteiger partial charge < -0.3 is 19.3 Å². The monoisotopic (exact) mass is 692 g/mol. The van der Waals surface area contributed by atoms with E-state index < -0.39 is 8.07 Å². The topological polar surface area (TPSA) is 101 Å². The summed E-state index contributed by atoms with van der Waals surface area (Å²) in [6.45, 7) is 7.95. The Bertz CT molecular complexity index is 1890. The standard InChI is InChI=1S/C40H48N4O5Si/c1-28-36(22-15-29-13-16-31(17-14-29)44-24-9-12-38(48-3)40(44)46)49-37(39(28)50(4,5)33-20-18-32(47-2)19-21-33)23-25-43-26-35(41-42-43)34(27-45)30-10-7-6-8-11-30/h6-14,16-21,24,26,28,34,36-37,39,45H,15,22-23,25,27H2,1-5H3/t28-,34?,36+,37-,39+/m1/s1. The summed E-state index contributed by atoms with van der Waals surface area (Å²) in [7, 11) is 1.20. The summed E-state index contributed by atoms with van der Waals surface area (Å²) in [5, 5.41) is 20.5. The van der Waals surface area contributed by atoms with Crippen molar-refractivity contribution in [3.05, 3.63) is 131 Å². The molecule has 1 N–H and O–H groups in total. The molecule has 6 rings (SSSR count). The fourth-order valence-corrected chi connectivity index (χ4v) is 11.9. The van der Waals surface area contributed by atoms with E-state index >= 15 is 0 Å². The van der Waals surface area contributed by atoms with Crippen molar-refractivity contribution in [3.63, 3.8) is 0 Å². The third-order valence-corrected chi connectivity index (χ3v) is 15.0. The van der Waals surface area contributed by atoms with E-state index in [1.165, 1.54) is 17.9 Å². The van der Waals surface area contributed by atoms with Crippen molar-refractivity contribution in [2.75, 3.05) is 20.8 Å². The molecule has 1 fully saturated rings. The largest absolute Gasteiger partial charge is 0.497 e. The van der Waals surface area contributed by atoms with E-state index in [4.69, 9.17) is 14.2 Å². The molecule has 0 spiro atoms. The molecule has 3 aromatic carbocycles. The zero-order valence-electron chi connectivity index (χ0n) is 29.6. The summed E-state index contributed by atoms with van der Waals surface area (Å²) in [4.78, 5) is 12.7. The number of pyridine rings is 1. The van der Waals surface area contributed by atoms with Crippen LogP contribution in [0.5, 0.6) is 11.5 Å². The van der Waals surface area contributed by atoms with Gasteiger partial charge in [0.2, 0.25) is 0 Å². The second-order valence-corrected chi connectivity index (χ2v) is 18.5. The quantitative estimate of drug-likeness (QED) is 0.143. The van der Waals surface area contributed by atoms with Gasteiger partial charge in [-0.1, -0.05) is 85.0 Å². The van der Waals surface area contributed by atoms with Crippen molar-refractivity contribution in [2.45, 2.75) is 69.5 Å². The van der Waals surface area contributed by atoms with Crippen LogP contribution in [0.3, 0.4) is 0 Å². The Balaban J connectivity index is 1.18. The number of aryl methyl sites for hydroxylation is 2. The molecule has 0 saturated carbocycles. The molecule has 10 heteroatoms. The van der Waals surface area contributed by atoms with E-state index in [9.17, 15) is 9.90 Å². The minimum absolute atomic E-state index is 0.0282. The van der Waals surface area contributed by atoms with Gasteiger partial charge in [0.25, 0.3) is 5.56 Å². The highest BCUT2D eigenvalue weighted by atomic mass is 28.3. The van der Waals surface area contributed by atoms with Crippen LogP contribution in [-0.2, 0) is 17.7 Å². The number of hydrogen-bond donors (Lipinski definition) is 1. The van der Waals surface area contributed by atoms with Crippen LogP contribution in [0.1, 0.15) is 42.5 Å². The molecule has 1 aliphatic rings. The first-order valence-corrected chi connectivity index (χ1v) is 20.5. The summed E-state index contributed by atoms with van der Waals surface area (Å²) in [5.74, 6) is 1.34. The van der Waals surface area contributed by atoms with Gasteiger partial charge in [-0.2, -0.15) is 0 Å². The van der Waals surface area contributed by atoms with Crippen LogP contribution in [0.2, 0.25) is 18.6 Å². The average Bonchev–Trinajstić information content (AvgIpc) is 3.75. The zero-order chi connectivity index (χ0) is 35.3. The molecule has 0 radical (unpaired) electrons. The highest BCUT2D eigenvalue weighted by molar-refractivity contribution is 6.91. The minimum atomic E-state index is -2.02. The van der Waals surface area contributed by atoms with Crippen LogP contribution in [0.15, 0.2) is 108 Å². The van der Waals surface area contributed by atoms with Crippen molar-refractivity contribution in [1.29, 1.82) is 0 Å². The number of hydrogen-bond acceptors (Lipinski definition) is 7. The van der Waals surface area contributed by atoms with Gasteiger partial charge in [0.05, 0.1) is 52.7 Å². The van der Waals surface area contributed by atoms with Crippen LogP contribution in [0.25, 0.3) is 5.69 Å². The Morgan fingerprint density at radius 2 is 1.64 bits per heavy atom. The Kier molecular flexibility index (Phi) is 11.0. The molecule has 5 aromatic rings. The predicted octanol–water partition coefficient (Wildman–Crippen LogP) is 5.98. The maximum Gasteiger partial charge on any atom is 0.297 e. The maximum absolute atomic E-state index is 12.7. The molecule has 9 nitrogen and oxygen atoms in total. The number of benzene rings is 3. The Morgan fingerprint density at radius 3 is 2.32 bits per heavy atom. The van der Waals surface area contributed by atoms with Gasteiger partial charge in [-0.15, -0.1) is 5.10 Å². The maximum atomic E-state index is 12.7. The molecule has 0 bridgehead atoms. The molecule has 50 heavy (non-hydrogen) atoms. The third-order valence-electron chi connectivity index (χ3n) is 10.6. The van der Waals surface area contributed by atoms with Crippen LogP contribution >= 0.6 is 0 Å². The molecule has 262 valence electrons. The van der Waals surface area contributed by atoms with Gasteiger partial charge in [0.15, 0.2) is 5.75 Å². The number of aliphatic hydroxyl groups is 1. The van der Waals surface area contributed by atoms with Crippen LogP contribution in [0, 0.1) is 5.92 Å². The lowest BCUT2D eigenvalue weighted by molar-refractivity contribution is 0.0250. The lowest BCUT2D eigenvalue weighted by atomic mass is 9.95. The van der Waals surface area contributed by atoms with Crippen molar-refractivity contribution in [3.8, 4) is 17.2 Å². The fraction of sp³-hybridized carbons (Fsp3) is 0.375. The summed E-state index contributed by atoms with van der Waals surface area (Å²) in [6, 6.07) is 30.2. The van der Waals surface area contributed by atoms with E-state index in [2.05, 4.69) is 66.7 Å². The first-order valence-electron chi connectivity index (χ1n) is 17.4. The number of aliphatic hydroxyl groups excluding tert-OH is 1. The molecular weight excluding hydrogens is 645 g/mol. The summed E-state index contributed by atoms with van der Waals surface area (Å²) in [5.41, 5.74) is 4.02. The SMILES string of the molecule is COc1ccc([Si](C)(C)[C@H]2[C@H](C)[C@H](CCc3ccc(-n4cccc(OC)c4=O)cc3)O[C@@H]2CCn2cc(C(CO)c3ccccc3)nn2)cc1. The fourth-order valence-electron chi connectivity index (χ4n) is 7.78. The molecule has 1 aliphatic heterocycles. The van der Waals surface area contributed by atoms with Gasteiger partial charge in [-0.25, -0.2) is 0 Å². The van der Waals surface area contributed by atoms with Gasteiger partial charge >= 0.3 is 0 Å². The third kappa shape index (κ3) is 7.47. The molecule has 0 aliphatic carbocycles. The average molecular weight is 693 g/mol. The molecular formula is C40H48N4O5Si. The number of nitrogens with zero attached hydrogens (tertiary/aromatic N) is 4. The van der Waals surface area contributed by atoms with Gasteiger partial charge in [-0.05, 0) is 78.2 Å². The van der Waals surface area contributed by atoms with E-state index in [0.29, 0.717) is 23.8 Å². The second-order valence-electron chi connectivity index (χ2n) is 13.8. The Labute approximate surface area is 295 Å². The minimum Gasteiger partial charge on any atom is -0.497 e. The molecule has 1 saturated heterocycles. The molecule has 0 amide bonds. The van der Waals surface area contributed by atoms with Crippen molar-refractivity contribution >= 4 is 13.3 Å². The second kappa shape index (κ2) is 15.6. The summed E-state index contributed by atoms with van der Waals surface area (Å²) >= 11 is 0. The number of aromatic nitrogens is 4. The summed E-state index contributed by atoms with van der Waals surface area (Å²) < 4.78 is 21.2. The smallest absolute Gasteiger partial charge is 0.297 e. The molecule has 5 atom stereocenters. The first-order chi connectivity index (χ1) is 24.2. The summed E-state index contributed by atoms with van der Waals surface area (Å²) in [6.07, 6.45) is 6.50. The van der Waals surface area contributed by atoms with Crippen LogP contribution < -0.4 is 20.2 Å². The predicted molar refractivity (Wildman–Crippen MR) is 199 cm³/mol. The Hall–Kier alpha value is -4.51. The van der Waals surface area contributed by atoms with Gasteiger partial charge in [-0.3, -0.25) is 14.0 Å². The van der Waals surface area contributed by atoms with Crippen LogP contribution in [0.4, 0.5) is 0 Å². The van der Waals surface area contributed by atoms with E-state index in [1.807, 2.05) is 59.4 Å².